The summed E-state index contributed by atoms with van der Waals surface area (Å²) in [5.41, 5.74) is 1.02. The number of methoxy groups -OCH3 is 1. The maximum absolute atomic E-state index is 12.9. The third-order valence-electron chi connectivity index (χ3n) is 4.68. The molecule has 0 saturated carbocycles. The van der Waals surface area contributed by atoms with Crippen LogP contribution < -0.4 is 10.1 Å². The fourth-order valence-corrected chi connectivity index (χ4v) is 3.83. The average Bonchev–Trinajstić information content (AvgIpc) is 3.26. The Bertz CT molecular complexity index is 740. The summed E-state index contributed by atoms with van der Waals surface area (Å²) in [7, 11) is 1.67. The van der Waals surface area contributed by atoms with Crippen LogP contribution in [0.5, 0.6) is 5.75 Å². The van der Waals surface area contributed by atoms with E-state index in [1.165, 1.54) is 11.3 Å². The van der Waals surface area contributed by atoms with E-state index in [9.17, 15) is 4.79 Å². The van der Waals surface area contributed by atoms with Gasteiger partial charge in [-0.2, -0.15) is 0 Å². The van der Waals surface area contributed by atoms with E-state index in [4.69, 9.17) is 4.74 Å². The molecule has 0 spiro atoms. The average molecular weight is 386 g/mol. The summed E-state index contributed by atoms with van der Waals surface area (Å²) in [5.74, 6) is 0.940. The van der Waals surface area contributed by atoms with Gasteiger partial charge in [0.25, 0.3) is 5.91 Å². The molecule has 3 rings (SSSR count). The molecule has 1 aromatic carbocycles. The molecular formula is C21H27N3O2S. The van der Waals surface area contributed by atoms with Crippen LogP contribution in [0.2, 0.25) is 0 Å². The molecule has 1 saturated heterocycles. The maximum atomic E-state index is 12.9. The number of nitrogens with one attached hydrogen (secondary N) is 1. The minimum Gasteiger partial charge on any atom is -0.496 e. The molecule has 1 N–H and O–H groups in total. The molecule has 1 aromatic heterocycles. The molecule has 27 heavy (non-hydrogen) atoms. The number of thiophene rings is 1. The highest BCUT2D eigenvalue weighted by atomic mass is 32.1. The zero-order chi connectivity index (χ0) is 18.9. The van der Waals surface area contributed by atoms with Gasteiger partial charge in [0.15, 0.2) is 0 Å². The van der Waals surface area contributed by atoms with Crippen molar-refractivity contribution in [1.29, 1.82) is 0 Å². The van der Waals surface area contributed by atoms with E-state index in [0.717, 1.165) is 55.5 Å². The van der Waals surface area contributed by atoms with Crippen LogP contribution in [0.1, 0.15) is 15.2 Å². The van der Waals surface area contributed by atoms with Crippen LogP contribution in [0.15, 0.2) is 47.9 Å². The number of carbonyl (C=O) groups excluding carboxylic acids is 1. The lowest BCUT2D eigenvalue weighted by Crippen LogP contribution is -2.47. The minimum atomic E-state index is 0.102. The van der Waals surface area contributed by atoms with E-state index in [1.54, 1.807) is 7.11 Å². The highest BCUT2D eigenvalue weighted by Crippen LogP contribution is 2.19. The van der Waals surface area contributed by atoms with Gasteiger partial charge < -0.3 is 15.0 Å². The number of para-hydroxylation sites is 1. The van der Waals surface area contributed by atoms with Crippen molar-refractivity contribution in [3.63, 3.8) is 0 Å². The van der Waals surface area contributed by atoms with Gasteiger partial charge in [0, 0.05) is 51.4 Å². The molecule has 1 aliphatic rings. The Morgan fingerprint density at radius 3 is 2.81 bits per heavy atom. The number of piperazine rings is 1. The van der Waals surface area contributed by atoms with Gasteiger partial charge in [0.05, 0.1) is 12.0 Å². The summed E-state index contributed by atoms with van der Waals surface area (Å²) in [6, 6.07) is 11.7. The van der Waals surface area contributed by atoms with Crippen molar-refractivity contribution in [2.24, 2.45) is 0 Å². The maximum Gasteiger partial charge on any atom is 0.264 e. The summed E-state index contributed by atoms with van der Waals surface area (Å²) < 4.78 is 5.39. The van der Waals surface area contributed by atoms with Gasteiger partial charge >= 0.3 is 0 Å². The number of ether oxygens (including phenoxy) is 1. The van der Waals surface area contributed by atoms with Crippen LogP contribution in [-0.4, -0.2) is 68.6 Å². The number of benzene rings is 1. The van der Waals surface area contributed by atoms with Gasteiger partial charge in [0.2, 0.25) is 0 Å². The van der Waals surface area contributed by atoms with Gasteiger partial charge in [-0.3, -0.25) is 9.69 Å². The fourth-order valence-electron chi connectivity index (χ4n) is 3.14. The van der Waals surface area contributed by atoms with E-state index >= 15 is 0 Å². The Morgan fingerprint density at radius 2 is 2.07 bits per heavy atom. The van der Waals surface area contributed by atoms with Crippen LogP contribution in [0.3, 0.4) is 0 Å². The second kappa shape index (κ2) is 10.3. The van der Waals surface area contributed by atoms with Crippen LogP contribution in [0.25, 0.3) is 6.08 Å². The Hall–Kier alpha value is -2.15. The molecule has 2 aromatic rings. The van der Waals surface area contributed by atoms with E-state index in [0.29, 0.717) is 6.54 Å². The third-order valence-corrected chi connectivity index (χ3v) is 5.53. The van der Waals surface area contributed by atoms with E-state index in [-0.39, 0.29) is 5.91 Å². The van der Waals surface area contributed by atoms with Crippen molar-refractivity contribution >= 4 is 23.3 Å². The lowest BCUT2D eigenvalue weighted by molar-refractivity contribution is 0.0756. The second-order valence-electron chi connectivity index (χ2n) is 6.46. The molecule has 0 aliphatic carbocycles. The van der Waals surface area contributed by atoms with E-state index < -0.39 is 0 Å². The summed E-state index contributed by atoms with van der Waals surface area (Å²) in [4.78, 5) is 18.0. The van der Waals surface area contributed by atoms with Gasteiger partial charge in [0.1, 0.15) is 5.75 Å². The number of carbonyl (C=O) groups is 1. The molecule has 144 valence electrons. The predicted molar refractivity (Wildman–Crippen MR) is 112 cm³/mol. The third kappa shape index (κ3) is 5.66. The molecule has 0 bridgehead atoms. The molecule has 1 amide bonds. The zero-order valence-corrected chi connectivity index (χ0v) is 16.6. The van der Waals surface area contributed by atoms with E-state index in [2.05, 4.69) is 10.2 Å². The van der Waals surface area contributed by atoms with Crippen molar-refractivity contribution in [2.75, 3.05) is 52.9 Å². The lowest BCUT2D eigenvalue weighted by atomic mass is 10.2. The Kier molecular flexibility index (Phi) is 7.45. The first-order valence-electron chi connectivity index (χ1n) is 9.33. The molecule has 2 heterocycles. The number of amides is 1. The van der Waals surface area contributed by atoms with Gasteiger partial charge in [-0.25, -0.2) is 0 Å². The number of rotatable bonds is 8. The minimum absolute atomic E-state index is 0.102. The molecule has 0 unspecified atom stereocenters. The Morgan fingerprint density at radius 1 is 1.26 bits per heavy atom. The smallest absolute Gasteiger partial charge is 0.264 e. The normalized spacial score (nSPS) is 15.1. The quantitative estimate of drug-likeness (QED) is 0.759. The number of hydrogen-bond donors (Lipinski definition) is 1. The second-order valence-corrected chi connectivity index (χ2v) is 7.41. The Balaban J connectivity index is 1.65. The summed E-state index contributed by atoms with van der Waals surface area (Å²) >= 11 is 1.50. The molecule has 1 aliphatic heterocycles. The first-order valence-corrected chi connectivity index (χ1v) is 10.2. The monoisotopic (exact) mass is 385 g/mol. The molecule has 0 atom stereocenters. The Labute approximate surface area is 165 Å². The zero-order valence-electron chi connectivity index (χ0n) is 15.8. The van der Waals surface area contributed by atoms with Crippen molar-refractivity contribution in [2.45, 2.75) is 0 Å². The number of hydrogen-bond acceptors (Lipinski definition) is 5. The first-order chi connectivity index (χ1) is 13.3. The topological polar surface area (TPSA) is 44.8 Å². The lowest BCUT2D eigenvalue weighted by Gasteiger charge is -2.30. The van der Waals surface area contributed by atoms with Gasteiger partial charge in [-0.1, -0.05) is 36.4 Å². The van der Waals surface area contributed by atoms with Crippen molar-refractivity contribution in [3.05, 3.63) is 58.3 Å². The van der Waals surface area contributed by atoms with Crippen LogP contribution in [0.4, 0.5) is 0 Å². The van der Waals surface area contributed by atoms with Crippen LogP contribution in [-0.2, 0) is 0 Å². The largest absolute Gasteiger partial charge is 0.496 e. The van der Waals surface area contributed by atoms with Crippen LogP contribution in [0, 0.1) is 0 Å². The van der Waals surface area contributed by atoms with Gasteiger partial charge in [-0.15, -0.1) is 11.3 Å². The van der Waals surface area contributed by atoms with Crippen LogP contribution >= 0.6 is 11.3 Å². The standard InChI is InChI=1S/C21H27N3O2S/c1-26-19-8-3-2-6-18(19)7-4-12-24(21(25)20-9-5-17-27-20)16-15-23-13-10-22-11-14-23/h2-9,17,22H,10-16H2,1H3/b7-4+. The summed E-state index contributed by atoms with van der Waals surface area (Å²) in [6.45, 7) is 6.34. The molecule has 5 nitrogen and oxygen atoms in total. The number of nitrogens with zero attached hydrogens (tertiary/aromatic N) is 2. The molecule has 6 heteroatoms. The summed E-state index contributed by atoms with van der Waals surface area (Å²) in [5, 5.41) is 5.32. The highest BCUT2D eigenvalue weighted by molar-refractivity contribution is 7.12. The van der Waals surface area contributed by atoms with Crippen molar-refractivity contribution < 1.29 is 9.53 Å². The van der Waals surface area contributed by atoms with E-state index in [1.807, 2.05) is 58.8 Å². The highest BCUT2D eigenvalue weighted by Gasteiger charge is 2.17. The molecular weight excluding hydrogens is 358 g/mol. The van der Waals surface area contributed by atoms with Gasteiger partial charge in [-0.05, 0) is 17.5 Å². The fraction of sp³-hybridized carbons (Fsp3) is 0.381. The first kappa shape index (κ1) is 19.6. The van der Waals surface area contributed by atoms with Crippen molar-refractivity contribution in [1.82, 2.24) is 15.1 Å². The molecule has 1 fully saturated rings. The molecule has 0 radical (unpaired) electrons. The van der Waals surface area contributed by atoms with Crippen molar-refractivity contribution in [3.8, 4) is 5.75 Å². The summed E-state index contributed by atoms with van der Waals surface area (Å²) in [6.07, 6.45) is 4.07. The SMILES string of the molecule is COc1ccccc1/C=C/CN(CCN1CCNCC1)C(=O)c1cccs1. The predicted octanol–water partition coefficient (Wildman–Crippen LogP) is 2.82.